The topological polar surface area (TPSA) is 70.9 Å². The molecule has 1 amide bonds. The average Bonchev–Trinajstić information content (AvgIpc) is 3.11. The lowest BCUT2D eigenvalue weighted by Gasteiger charge is -2.09. The number of aromatic nitrogens is 1. The van der Waals surface area contributed by atoms with E-state index in [4.69, 9.17) is 5.73 Å². The molecule has 1 heterocycles. The molecule has 0 radical (unpaired) electrons. The Bertz CT molecular complexity index is 1090. The fourth-order valence-electron chi connectivity index (χ4n) is 3.08. The van der Waals surface area contributed by atoms with E-state index in [-0.39, 0.29) is 5.91 Å². The van der Waals surface area contributed by atoms with Crippen LogP contribution >= 0.6 is 0 Å². The van der Waals surface area contributed by atoms with E-state index >= 15 is 0 Å². The number of nitrogens with one attached hydrogen (secondary N) is 2. The van der Waals surface area contributed by atoms with Gasteiger partial charge in [0, 0.05) is 28.7 Å². The molecule has 0 atom stereocenters. The Morgan fingerprint density at radius 1 is 0.962 bits per heavy atom. The zero-order valence-electron chi connectivity index (χ0n) is 14.4. The van der Waals surface area contributed by atoms with E-state index < -0.39 is 0 Å². The summed E-state index contributed by atoms with van der Waals surface area (Å²) in [6.07, 6.45) is 1.88. The van der Waals surface area contributed by atoms with Gasteiger partial charge in [-0.05, 0) is 71.5 Å². The normalized spacial score (nSPS) is 10.8. The van der Waals surface area contributed by atoms with Gasteiger partial charge in [-0.3, -0.25) is 4.79 Å². The molecule has 0 bridgehead atoms. The van der Waals surface area contributed by atoms with Crippen LogP contribution < -0.4 is 11.1 Å². The van der Waals surface area contributed by atoms with Crippen LogP contribution in [0.3, 0.4) is 0 Å². The molecule has 4 N–H and O–H groups in total. The number of nitrogen functional groups attached to an aromatic ring is 1. The largest absolute Gasteiger partial charge is 0.399 e. The van der Waals surface area contributed by atoms with Crippen LogP contribution in [0.4, 0.5) is 11.4 Å². The summed E-state index contributed by atoms with van der Waals surface area (Å²) in [6.45, 7) is 2.05. The average molecular weight is 341 g/mol. The van der Waals surface area contributed by atoms with Gasteiger partial charge < -0.3 is 16.0 Å². The molecule has 0 aliphatic rings. The fourth-order valence-corrected chi connectivity index (χ4v) is 3.08. The molecule has 3 aromatic carbocycles. The van der Waals surface area contributed by atoms with E-state index in [0.29, 0.717) is 5.56 Å². The van der Waals surface area contributed by atoms with Gasteiger partial charge in [-0.25, -0.2) is 0 Å². The number of amides is 1. The van der Waals surface area contributed by atoms with Gasteiger partial charge >= 0.3 is 0 Å². The van der Waals surface area contributed by atoms with Crippen LogP contribution in [0.25, 0.3) is 22.0 Å². The number of aromatic amines is 1. The van der Waals surface area contributed by atoms with Gasteiger partial charge in [0.15, 0.2) is 0 Å². The zero-order valence-corrected chi connectivity index (χ0v) is 14.4. The van der Waals surface area contributed by atoms with Crippen LogP contribution in [0, 0.1) is 6.92 Å². The maximum atomic E-state index is 12.5. The van der Waals surface area contributed by atoms with E-state index in [2.05, 4.69) is 10.3 Å². The number of aryl methyl sites for hydroxylation is 1. The van der Waals surface area contributed by atoms with Crippen LogP contribution in [0.2, 0.25) is 0 Å². The van der Waals surface area contributed by atoms with Gasteiger partial charge in [0.2, 0.25) is 0 Å². The molecule has 4 rings (SSSR count). The first kappa shape index (κ1) is 16.0. The molecule has 4 aromatic rings. The van der Waals surface area contributed by atoms with Crippen LogP contribution in [0.1, 0.15) is 15.9 Å². The molecular weight excluding hydrogens is 322 g/mol. The maximum absolute atomic E-state index is 12.5. The molecule has 128 valence electrons. The van der Waals surface area contributed by atoms with Crippen molar-refractivity contribution in [2.45, 2.75) is 6.92 Å². The predicted octanol–water partition coefficient (Wildman–Crippen LogP) is 4.98. The summed E-state index contributed by atoms with van der Waals surface area (Å²) in [5.74, 6) is -0.133. The Labute approximate surface area is 151 Å². The number of hydrogen-bond acceptors (Lipinski definition) is 2. The second-order valence-corrected chi connectivity index (χ2v) is 6.39. The van der Waals surface area contributed by atoms with Gasteiger partial charge in [0.25, 0.3) is 5.91 Å². The molecule has 26 heavy (non-hydrogen) atoms. The minimum absolute atomic E-state index is 0.133. The first-order valence-electron chi connectivity index (χ1n) is 8.45. The smallest absolute Gasteiger partial charge is 0.255 e. The Kier molecular flexibility index (Phi) is 3.93. The summed E-state index contributed by atoms with van der Waals surface area (Å²) in [4.78, 5) is 15.7. The molecule has 0 unspecified atom stereocenters. The molecule has 0 aliphatic carbocycles. The highest BCUT2D eigenvalue weighted by Crippen LogP contribution is 2.26. The summed E-state index contributed by atoms with van der Waals surface area (Å²) in [6, 6.07) is 21.2. The molecule has 1 aromatic heterocycles. The minimum Gasteiger partial charge on any atom is -0.399 e. The quantitative estimate of drug-likeness (QED) is 0.460. The second-order valence-electron chi connectivity index (χ2n) is 6.39. The van der Waals surface area contributed by atoms with Crippen molar-refractivity contribution in [1.82, 2.24) is 4.98 Å². The summed E-state index contributed by atoms with van der Waals surface area (Å²) >= 11 is 0. The van der Waals surface area contributed by atoms with Gasteiger partial charge in [0.1, 0.15) is 0 Å². The van der Waals surface area contributed by atoms with Gasteiger partial charge in [-0.15, -0.1) is 0 Å². The van der Waals surface area contributed by atoms with Crippen LogP contribution in [-0.4, -0.2) is 10.9 Å². The van der Waals surface area contributed by atoms with Crippen LogP contribution in [0.5, 0.6) is 0 Å². The molecule has 0 saturated heterocycles. The highest BCUT2D eigenvalue weighted by Gasteiger charge is 2.08. The van der Waals surface area contributed by atoms with E-state index in [1.54, 1.807) is 0 Å². The molecule has 0 spiro atoms. The van der Waals surface area contributed by atoms with Crippen molar-refractivity contribution in [1.29, 1.82) is 0 Å². The molecule has 0 saturated carbocycles. The molecule has 0 aliphatic heterocycles. The van der Waals surface area contributed by atoms with Crippen molar-refractivity contribution < 1.29 is 4.79 Å². The number of carbonyl (C=O) groups excluding carboxylic acids is 1. The fraction of sp³-hybridized carbons (Fsp3) is 0.0455. The van der Waals surface area contributed by atoms with E-state index in [1.165, 1.54) is 0 Å². The number of carbonyl (C=O) groups is 1. The van der Waals surface area contributed by atoms with Crippen LogP contribution in [-0.2, 0) is 0 Å². The summed E-state index contributed by atoms with van der Waals surface area (Å²) in [7, 11) is 0. The maximum Gasteiger partial charge on any atom is 0.255 e. The van der Waals surface area contributed by atoms with E-state index in [0.717, 1.165) is 39.0 Å². The zero-order chi connectivity index (χ0) is 18.1. The first-order valence-corrected chi connectivity index (χ1v) is 8.45. The Morgan fingerprint density at radius 2 is 1.77 bits per heavy atom. The molecule has 0 fully saturated rings. The Morgan fingerprint density at radius 3 is 2.58 bits per heavy atom. The van der Waals surface area contributed by atoms with Gasteiger partial charge in [0.05, 0.1) is 0 Å². The predicted molar refractivity (Wildman–Crippen MR) is 107 cm³/mol. The summed E-state index contributed by atoms with van der Waals surface area (Å²) in [5, 5.41) is 4.06. The van der Waals surface area contributed by atoms with Crippen LogP contribution in [0.15, 0.2) is 72.9 Å². The number of rotatable bonds is 3. The standard InChI is InChI=1S/C22H19N3O/c1-14-2-8-18(23)12-20(14)15-3-5-17(6-4-15)22(26)25-19-9-7-16-10-11-24-21(16)13-19/h2-13,24H,23H2,1H3,(H,25,26). The number of benzene rings is 3. The summed E-state index contributed by atoms with van der Waals surface area (Å²) < 4.78 is 0. The lowest BCUT2D eigenvalue weighted by atomic mass is 9.99. The SMILES string of the molecule is Cc1ccc(N)cc1-c1ccc(C(=O)Nc2ccc3cc[nH]c3c2)cc1. The number of nitrogens with two attached hydrogens (primary N) is 1. The molecule has 4 nitrogen and oxygen atoms in total. The van der Waals surface area contributed by atoms with Crippen molar-refractivity contribution in [2.24, 2.45) is 0 Å². The number of fused-ring (bicyclic) bond motifs is 1. The van der Waals surface area contributed by atoms with Crippen molar-refractivity contribution in [3.05, 3.63) is 84.1 Å². The molecule has 4 heteroatoms. The third-order valence-electron chi connectivity index (χ3n) is 4.53. The first-order chi connectivity index (χ1) is 12.6. The Hall–Kier alpha value is -3.53. The lowest BCUT2D eigenvalue weighted by molar-refractivity contribution is 0.102. The number of H-pyrrole nitrogens is 1. The third kappa shape index (κ3) is 3.05. The van der Waals surface area contributed by atoms with Gasteiger partial charge in [-0.2, -0.15) is 0 Å². The highest BCUT2D eigenvalue weighted by molar-refractivity contribution is 6.05. The minimum atomic E-state index is -0.133. The summed E-state index contributed by atoms with van der Waals surface area (Å²) in [5.41, 5.74) is 12.3. The van der Waals surface area contributed by atoms with Crippen molar-refractivity contribution >= 4 is 28.2 Å². The third-order valence-corrected chi connectivity index (χ3v) is 4.53. The van der Waals surface area contributed by atoms with E-state index in [9.17, 15) is 4.79 Å². The lowest BCUT2D eigenvalue weighted by Crippen LogP contribution is -2.11. The highest BCUT2D eigenvalue weighted by atomic mass is 16.1. The van der Waals surface area contributed by atoms with Gasteiger partial charge in [-0.1, -0.05) is 24.3 Å². The Balaban J connectivity index is 1.56. The second kappa shape index (κ2) is 6.41. The van der Waals surface area contributed by atoms with Crippen molar-refractivity contribution in [3.63, 3.8) is 0 Å². The van der Waals surface area contributed by atoms with E-state index in [1.807, 2.05) is 79.9 Å². The monoisotopic (exact) mass is 341 g/mol. The molecular formula is C22H19N3O. The van der Waals surface area contributed by atoms with Crippen molar-refractivity contribution in [2.75, 3.05) is 11.1 Å². The number of anilines is 2. The number of hydrogen-bond donors (Lipinski definition) is 3. The van der Waals surface area contributed by atoms with Crippen molar-refractivity contribution in [3.8, 4) is 11.1 Å².